The minimum Gasteiger partial charge on any atom is -0.419 e. The van der Waals surface area contributed by atoms with Crippen molar-refractivity contribution in [2.45, 2.75) is 52.3 Å². The molecule has 0 aliphatic rings. The van der Waals surface area contributed by atoms with Crippen molar-refractivity contribution in [1.29, 1.82) is 0 Å². The number of ether oxygens (including phenoxy) is 4. The lowest BCUT2D eigenvalue weighted by Crippen LogP contribution is -2.40. The smallest absolute Gasteiger partial charge is 0.336 e. The van der Waals surface area contributed by atoms with E-state index in [1.54, 1.807) is 13.8 Å². The Bertz CT molecular complexity index is 443. The first kappa shape index (κ1) is 23.3. The number of aliphatic hydroxyl groups excluding tert-OH is 2. The van der Waals surface area contributed by atoms with Crippen LogP contribution in [0.2, 0.25) is 0 Å². The van der Waals surface area contributed by atoms with Gasteiger partial charge in [0.25, 0.3) is 6.29 Å². The molecule has 0 radical (unpaired) electrons. The molecule has 3 unspecified atom stereocenters. The number of carbonyl (C=O) groups excluding carboxylic acids is 2. The molecular weight excluding hydrogens is 332 g/mol. The summed E-state index contributed by atoms with van der Waals surface area (Å²) in [5.41, 5.74) is 0.175. The molecule has 0 aromatic carbocycles. The second-order valence-corrected chi connectivity index (χ2v) is 5.84. The molecular formula is C17H28O8. The molecule has 0 heterocycles. The lowest BCUT2D eigenvalue weighted by Gasteiger charge is -2.24. The highest BCUT2D eigenvalue weighted by atomic mass is 16.7. The van der Waals surface area contributed by atoms with Gasteiger partial charge in [0.15, 0.2) is 6.10 Å². The van der Waals surface area contributed by atoms with Crippen molar-refractivity contribution in [3.05, 3.63) is 24.3 Å². The van der Waals surface area contributed by atoms with Crippen LogP contribution in [-0.2, 0) is 28.5 Å². The largest absolute Gasteiger partial charge is 0.419 e. The summed E-state index contributed by atoms with van der Waals surface area (Å²) >= 11 is 0. The van der Waals surface area contributed by atoms with E-state index in [1.165, 1.54) is 13.8 Å². The fourth-order valence-corrected chi connectivity index (χ4v) is 1.39. The summed E-state index contributed by atoms with van der Waals surface area (Å²) in [5, 5.41) is 19.2. The Hall–Kier alpha value is -1.74. The highest BCUT2D eigenvalue weighted by Crippen LogP contribution is 2.10. The maximum Gasteiger partial charge on any atom is 0.336 e. The zero-order valence-electron chi connectivity index (χ0n) is 15.2. The van der Waals surface area contributed by atoms with Crippen molar-refractivity contribution in [1.82, 2.24) is 0 Å². The van der Waals surface area contributed by atoms with E-state index in [0.717, 1.165) is 0 Å². The molecule has 0 bridgehead atoms. The standard InChI is InChI=1S/C17H28O8/c1-10(2)15(20)24-17(25-16(21)11(3)4)14(19)9-23-13(6)8-22-7-12(5)18/h12-14,17-19H,1,3,7-9H2,2,4-6H3. The number of aliphatic hydroxyl groups is 2. The van der Waals surface area contributed by atoms with Gasteiger partial charge in [-0.2, -0.15) is 0 Å². The highest BCUT2D eigenvalue weighted by Gasteiger charge is 2.28. The van der Waals surface area contributed by atoms with Gasteiger partial charge < -0.3 is 29.2 Å². The molecule has 0 rings (SSSR count). The average molecular weight is 360 g/mol. The molecule has 144 valence electrons. The molecule has 2 N–H and O–H groups in total. The van der Waals surface area contributed by atoms with Crippen LogP contribution in [0.15, 0.2) is 24.3 Å². The van der Waals surface area contributed by atoms with Crippen LogP contribution in [0.25, 0.3) is 0 Å². The topological polar surface area (TPSA) is 112 Å². The summed E-state index contributed by atoms with van der Waals surface area (Å²) in [6.07, 6.45) is -3.96. The molecule has 8 heteroatoms. The normalized spacial score (nSPS) is 14.5. The molecule has 0 spiro atoms. The third-order valence-corrected chi connectivity index (χ3v) is 2.72. The number of esters is 2. The monoisotopic (exact) mass is 360 g/mol. The molecule has 25 heavy (non-hydrogen) atoms. The third kappa shape index (κ3) is 10.7. The van der Waals surface area contributed by atoms with Crippen LogP contribution < -0.4 is 0 Å². The first-order valence-electron chi connectivity index (χ1n) is 7.83. The molecule has 0 aliphatic carbocycles. The zero-order chi connectivity index (χ0) is 19.6. The second-order valence-electron chi connectivity index (χ2n) is 5.84. The molecule has 8 nitrogen and oxygen atoms in total. The quantitative estimate of drug-likeness (QED) is 0.297. The van der Waals surface area contributed by atoms with Gasteiger partial charge in [0.2, 0.25) is 0 Å². The van der Waals surface area contributed by atoms with Crippen molar-refractivity contribution in [2.24, 2.45) is 0 Å². The summed E-state index contributed by atoms with van der Waals surface area (Å²) in [6.45, 7) is 13.1. The van der Waals surface area contributed by atoms with Gasteiger partial charge in [-0.15, -0.1) is 0 Å². The first-order chi connectivity index (χ1) is 11.5. The van der Waals surface area contributed by atoms with E-state index in [4.69, 9.17) is 24.1 Å². The molecule has 0 saturated heterocycles. The van der Waals surface area contributed by atoms with Gasteiger partial charge >= 0.3 is 11.9 Å². The predicted molar refractivity (Wildman–Crippen MR) is 89.5 cm³/mol. The Kier molecular flexibility index (Phi) is 10.9. The SMILES string of the molecule is C=C(C)C(=O)OC(OC(=O)C(=C)C)C(O)COC(C)COCC(C)O. The van der Waals surface area contributed by atoms with E-state index in [2.05, 4.69) is 13.2 Å². The Balaban J connectivity index is 4.61. The van der Waals surface area contributed by atoms with E-state index >= 15 is 0 Å². The average Bonchev–Trinajstić information content (AvgIpc) is 2.50. The van der Waals surface area contributed by atoms with E-state index in [-0.39, 0.29) is 31.0 Å². The number of hydrogen-bond donors (Lipinski definition) is 2. The van der Waals surface area contributed by atoms with Gasteiger partial charge in [-0.25, -0.2) is 9.59 Å². The van der Waals surface area contributed by atoms with Crippen molar-refractivity contribution >= 4 is 11.9 Å². The van der Waals surface area contributed by atoms with Crippen molar-refractivity contribution in [2.75, 3.05) is 19.8 Å². The number of carbonyl (C=O) groups is 2. The third-order valence-electron chi connectivity index (χ3n) is 2.72. The Morgan fingerprint density at radius 2 is 1.40 bits per heavy atom. The molecule has 0 aromatic rings. The van der Waals surface area contributed by atoms with Crippen LogP contribution in [0.3, 0.4) is 0 Å². The summed E-state index contributed by atoms with van der Waals surface area (Å²) in [4.78, 5) is 23.2. The molecule has 3 atom stereocenters. The minimum atomic E-state index is -1.56. The van der Waals surface area contributed by atoms with Crippen molar-refractivity contribution in [3.8, 4) is 0 Å². The molecule has 0 aliphatic heterocycles. The number of rotatable bonds is 12. The van der Waals surface area contributed by atoms with E-state index < -0.39 is 36.5 Å². The summed E-state index contributed by atoms with van der Waals surface area (Å²) < 4.78 is 20.4. The maximum atomic E-state index is 11.6. The maximum absolute atomic E-state index is 11.6. The van der Waals surface area contributed by atoms with E-state index in [0.29, 0.717) is 0 Å². The van der Waals surface area contributed by atoms with Crippen LogP contribution >= 0.6 is 0 Å². The van der Waals surface area contributed by atoms with Gasteiger partial charge in [0.05, 0.1) is 32.0 Å². The van der Waals surface area contributed by atoms with Crippen LogP contribution in [0.5, 0.6) is 0 Å². The second kappa shape index (κ2) is 11.8. The Morgan fingerprint density at radius 1 is 0.920 bits per heavy atom. The van der Waals surface area contributed by atoms with E-state index in [1.807, 2.05) is 0 Å². The van der Waals surface area contributed by atoms with Crippen LogP contribution in [0, 0.1) is 0 Å². The van der Waals surface area contributed by atoms with Crippen LogP contribution in [0.1, 0.15) is 27.7 Å². The molecule has 0 saturated carbocycles. The Labute approximate surface area is 148 Å². The molecule has 0 amide bonds. The predicted octanol–water partition coefficient (Wildman–Crippen LogP) is 0.715. The fraction of sp³-hybridized carbons (Fsp3) is 0.647. The summed E-state index contributed by atoms with van der Waals surface area (Å²) in [5.74, 6) is -1.63. The van der Waals surface area contributed by atoms with Gasteiger partial charge in [0, 0.05) is 11.1 Å². The lowest BCUT2D eigenvalue weighted by molar-refractivity contribution is -0.209. The van der Waals surface area contributed by atoms with Gasteiger partial charge in [-0.1, -0.05) is 13.2 Å². The number of hydrogen-bond acceptors (Lipinski definition) is 8. The molecule has 0 aromatic heterocycles. The van der Waals surface area contributed by atoms with Crippen molar-refractivity contribution < 1.29 is 38.7 Å². The van der Waals surface area contributed by atoms with E-state index in [9.17, 15) is 14.7 Å². The fourth-order valence-electron chi connectivity index (χ4n) is 1.39. The minimum absolute atomic E-state index is 0.0874. The van der Waals surface area contributed by atoms with Crippen molar-refractivity contribution in [3.63, 3.8) is 0 Å². The Morgan fingerprint density at radius 3 is 1.80 bits per heavy atom. The highest BCUT2D eigenvalue weighted by molar-refractivity contribution is 5.88. The van der Waals surface area contributed by atoms with Gasteiger partial charge in [-0.05, 0) is 27.7 Å². The zero-order valence-corrected chi connectivity index (χ0v) is 15.2. The summed E-state index contributed by atoms with van der Waals surface area (Å²) in [6, 6.07) is 0. The van der Waals surface area contributed by atoms with Gasteiger partial charge in [0.1, 0.15) is 0 Å². The molecule has 0 fully saturated rings. The first-order valence-corrected chi connectivity index (χ1v) is 7.83. The summed E-state index contributed by atoms with van der Waals surface area (Å²) in [7, 11) is 0. The van der Waals surface area contributed by atoms with Crippen LogP contribution in [0.4, 0.5) is 0 Å². The lowest BCUT2D eigenvalue weighted by atomic mass is 10.3. The van der Waals surface area contributed by atoms with Crippen LogP contribution in [-0.4, -0.2) is 66.6 Å². The van der Waals surface area contributed by atoms with Gasteiger partial charge in [-0.3, -0.25) is 0 Å².